The number of carbonyl (C=O) groups excluding carboxylic acids is 1. The summed E-state index contributed by atoms with van der Waals surface area (Å²) in [5.41, 5.74) is 1.61. The molecule has 19 heavy (non-hydrogen) atoms. The Hall–Kier alpha value is -0.450. The molecule has 0 saturated carbocycles. The Balaban J connectivity index is 2.07. The molecule has 2 nitrogen and oxygen atoms in total. The van der Waals surface area contributed by atoms with Gasteiger partial charge in [-0.2, -0.15) is 0 Å². The number of Topliss-reactive ketones (excluding diaryl/α,β-unsaturated/α-hetero) is 1. The van der Waals surface area contributed by atoms with E-state index in [9.17, 15) is 4.79 Å². The van der Waals surface area contributed by atoms with Crippen LogP contribution in [0.1, 0.15) is 22.5 Å². The lowest BCUT2D eigenvalue weighted by atomic mass is 9.83. The lowest BCUT2D eigenvalue weighted by Crippen LogP contribution is -2.24. The number of hydrogen-bond donors (Lipinski definition) is 0. The van der Waals surface area contributed by atoms with E-state index in [-0.39, 0.29) is 17.6 Å². The molecule has 0 N–H and O–H groups in total. The lowest BCUT2D eigenvalue weighted by molar-refractivity contribution is 0.0918. The minimum Gasteiger partial charge on any atom is -0.292 e. The number of nitrogens with zero attached hydrogens (tertiary/aromatic N) is 1. The van der Waals surface area contributed by atoms with Crippen LogP contribution in [-0.4, -0.2) is 10.8 Å². The topological polar surface area (TPSA) is 30.0 Å². The van der Waals surface area contributed by atoms with Gasteiger partial charge in [0, 0.05) is 27.0 Å². The second-order valence-corrected chi connectivity index (χ2v) is 6.93. The van der Waals surface area contributed by atoms with Crippen LogP contribution in [0.15, 0.2) is 38.4 Å². The third-order valence-corrected chi connectivity index (χ3v) is 5.64. The largest absolute Gasteiger partial charge is 0.292 e. The number of carbonyl (C=O) groups is 1. The molecule has 3 rings (SSSR count). The van der Waals surface area contributed by atoms with Crippen molar-refractivity contribution in [2.45, 2.75) is 12.8 Å². The van der Waals surface area contributed by atoms with E-state index >= 15 is 0 Å². The minimum absolute atomic E-state index is 0.0855. The summed E-state index contributed by atoms with van der Waals surface area (Å²) in [5.74, 6) is 0.0483. The Kier molecular flexibility index (Phi) is 3.67. The zero-order valence-corrected chi connectivity index (χ0v) is 13.8. The summed E-state index contributed by atoms with van der Waals surface area (Å²) in [5, 5.41) is 0.689. The average molecular weight is 404 g/mol. The van der Waals surface area contributed by atoms with Crippen LogP contribution in [0.2, 0.25) is 0 Å². The summed E-state index contributed by atoms with van der Waals surface area (Å²) in [6.45, 7) is 0. The van der Waals surface area contributed by atoms with Gasteiger partial charge < -0.3 is 0 Å². The first-order chi connectivity index (χ1) is 9.08. The molecule has 2 atom stereocenters. The number of fused-ring (bicyclic) bond motifs is 2. The van der Waals surface area contributed by atoms with Crippen molar-refractivity contribution in [3.63, 3.8) is 0 Å². The summed E-state index contributed by atoms with van der Waals surface area (Å²) in [6.07, 6.45) is 7.11. The van der Waals surface area contributed by atoms with Gasteiger partial charge in [-0.3, -0.25) is 9.78 Å². The minimum atomic E-state index is -0.160. The molecule has 1 aromatic heterocycles. The number of halogens is 3. The van der Waals surface area contributed by atoms with Gasteiger partial charge in [-0.05, 0) is 46.5 Å². The fourth-order valence-corrected chi connectivity index (χ4v) is 3.91. The van der Waals surface area contributed by atoms with Gasteiger partial charge in [0.15, 0.2) is 5.78 Å². The maximum Gasteiger partial charge on any atom is 0.188 e. The van der Waals surface area contributed by atoms with Gasteiger partial charge in [-0.1, -0.05) is 33.6 Å². The first-order valence-corrected chi connectivity index (χ1v) is 7.96. The number of pyridine rings is 1. The molecular weight excluding hydrogens is 393 g/mol. The Labute approximate surface area is 133 Å². The molecule has 0 amide bonds. The maximum atomic E-state index is 12.6. The third kappa shape index (κ3) is 2.34. The molecule has 0 radical (unpaired) electrons. The number of rotatable bonds is 0. The molecule has 2 aliphatic carbocycles. The fourth-order valence-electron chi connectivity index (χ4n) is 2.68. The van der Waals surface area contributed by atoms with Crippen LogP contribution < -0.4 is 0 Å². The maximum absolute atomic E-state index is 12.6. The lowest BCUT2D eigenvalue weighted by Gasteiger charge is -2.24. The highest BCUT2D eigenvalue weighted by atomic mass is 79.9. The molecule has 0 saturated heterocycles. The highest BCUT2D eigenvalue weighted by Crippen LogP contribution is 2.42. The first kappa shape index (κ1) is 13.5. The molecule has 2 unspecified atom stereocenters. The zero-order valence-electron chi connectivity index (χ0n) is 9.87. The van der Waals surface area contributed by atoms with Gasteiger partial charge in [0.05, 0.1) is 5.03 Å². The Morgan fingerprint density at radius 3 is 2.95 bits per heavy atom. The van der Waals surface area contributed by atoms with E-state index in [2.05, 4.69) is 36.8 Å². The summed E-state index contributed by atoms with van der Waals surface area (Å²) in [7, 11) is 0. The van der Waals surface area contributed by atoms with E-state index < -0.39 is 0 Å². The monoisotopic (exact) mass is 401 g/mol. The fraction of sp³-hybridized carbons (Fsp3) is 0.286. The first-order valence-electron chi connectivity index (χ1n) is 6.00. The summed E-state index contributed by atoms with van der Waals surface area (Å²) in [6, 6.07) is 1.99. The van der Waals surface area contributed by atoms with Gasteiger partial charge in [0.25, 0.3) is 0 Å². The van der Waals surface area contributed by atoms with Crippen LogP contribution in [0, 0.1) is 11.8 Å². The van der Waals surface area contributed by atoms with Crippen LogP contribution in [0.3, 0.4) is 0 Å². The number of allylic oxidation sites excluding steroid dienone is 4. The van der Waals surface area contributed by atoms with Crippen molar-refractivity contribution in [1.82, 2.24) is 4.98 Å². The van der Waals surface area contributed by atoms with Gasteiger partial charge >= 0.3 is 0 Å². The highest BCUT2D eigenvalue weighted by molar-refractivity contribution is 9.11. The highest BCUT2D eigenvalue weighted by Gasteiger charge is 2.36. The molecule has 0 spiro atoms. The number of aryl methyl sites for hydroxylation is 1. The molecule has 5 heteroatoms. The van der Waals surface area contributed by atoms with Crippen LogP contribution >= 0.6 is 43.5 Å². The van der Waals surface area contributed by atoms with E-state index in [1.807, 2.05) is 12.1 Å². The second-order valence-electron chi connectivity index (χ2n) is 4.75. The van der Waals surface area contributed by atoms with Crippen molar-refractivity contribution >= 4 is 49.2 Å². The number of hydrogen-bond acceptors (Lipinski definition) is 2. The molecular formula is C14H10Br2ClNO. The second kappa shape index (κ2) is 5.15. The summed E-state index contributed by atoms with van der Waals surface area (Å²) >= 11 is 13.1. The number of ketones is 1. The van der Waals surface area contributed by atoms with E-state index in [0.29, 0.717) is 10.7 Å². The van der Waals surface area contributed by atoms with Gasteiger partial charge in [0.2, 0.25) is 0 Å². The van der Waals surface area contributed by atoms with Crippen molar-refractivity contribution in [3.05, 3.63) is 49.7 Å². The SMILES string of the molecule is O=C1c2ncc(Br)cc2CCC2C(Br)=C(Cl)C=CC12. The van der Waals surface area contributed by atoms with Crippen molar-refractivity contribution in [1.29, 1.82) is 0 Å². The normalized spacial score (nSPS) is 25.9. The quantitative estimate of drug-likeness (QED) is 0.633. The summed E-state index contributed by atoms with van der Waals surface area (Å²) < 4.78 is 1.84. The molecule has 0 bridgehead atoms. The molecule has 1 aromatic rings. The number of aromatic nitrogens is 1. The van der Waals surface area contributed by atoms with Crippen LogP contribution in [0.25, 0.3) is 0 Å². The zero-order chi connectivity index (χ0) is 13.6. The van der Waals surface area contributed by atoms with Gasteiger partial charge in [-0.25, -0.2) is 0 Å². The molecule has 0 fully saturated rings. The van der Waals surface area contributed by atoms with E-state index in [0.717, 1.165) is 27.4 Å². The van der Waals surface area contributed by atoms with E-state index in [1.165, 1.54) is 0 Å². The Morgan fingerprint density at radius 2 is 2.16 bits per heavy atom. The van der Waals surface area contributed by atoms with Gasteiger partial charge in [0.1, 0.15) is 5.69 Å². The molecule has 2 aliphatic rings. The average Bonchev–Trinajstić information content (AvgIpc) is 2.52. The Bertz CT molecular complexity index is 624. The molecule has 98 valence electrons. The molecule has 1 heterocycles. The Morgan fingerprint density at radius 1 is 1.37 bits per heavy atom. The van der Waals surface area contributed by atoms with Crippen molar-refractivity contribution < 1.29 is 4.79 Å². The molecule has 0 aliphatic heterocycles. The standard InChI is InChI=1S/C14H10Br2ClNO/c15-8-5-7-1-2-9-10(3-4-11(17)12(9)16)14(19)13(7)18-6-8/h3-6,9-10H,1-2H2. The predicted octanol–water partition coefficient (Wildman–Crippen LogP) is 4.62. The molecule has 0 aromatic carbocycles. The summed E-state index contributed by atoms with van der Waals surface area (Å²) in [4.78, 5) is 16.9. The van der Waals surface area contributed by atoms with Crippen LogP contribution in [0.5, 0.6) is 0 Å². The van der Waals surface area contributed by atoms with E-state index in [1.54, 1.807) is 12.3 Å². The van der Waals surface area contributed by atoms with Crippen molar-refractivity contribution in [2.75, 3.05) is 0 Å². The predicted molar refractivity (Wildman–Crippen MR) is 82.5 cm³/mol. The smallest absolute Gasteiger partial charge is 0.188 e. The van der Waals surface area contributed by atoms with Crippen LogP contribution in [-0.2, 0) is 6.42 Å². The van der Waals surface area contributed by atoms with Crippen molar-refractivity contribution in [3.8, 4) is 0 Å². The van der Waals surface area contributed by atoms with Gasteiger partial charge in [-0.15, -0.1) is 0 Å². The van der Waals surface area contributed by atoms with E-state index in [4.69, 9.17) is 11.6 Å². The van der Waals surface area contributed by atoms with Crippen molar-refractivity contribution in [2.24, 2.45) is 11.8 Å². The third-order valence-electron chi connectivity index (χ3n) is 3.63. The van der Waals surface area contributed by atoms with Crippen LogP contribution in [0.4, 0.5) is 0 Å².